The highest BCUT2D eigenvalue weighted by Crippen LogP contribution is 2.29. The number of hydrogen-bond donors (Lipinski definition) is 1. The lowest BCUT2D eigenvalue weighted by atomic mass is 10.1. The van der Waals surface area contributed by atoms with Crippen molar-refractivity contribution in [3.05, 3.63) is 40.5 Å². The molecule has 1 atom stereocenters. The van der Waals surface area contributed by atoms with Crippen LogP contribution >= 0.6 is 11.6 Å². The lowest BCUT2D eigenvalue weighted by molar-refractivity contribution is -0.142. The van der Waals surface area contributed by atoms with Crippen LogP contribution in [0.1, 0.15) is 24.1 Å². The van der Waals surface area contributed by atoms with Crippen molar-refractivity contribution < 1.29 is 9.90 Å². The smallest absolute Gasteiger partial charge is 0.320 e. The molecule has 1 fully saturated rings. The van der Waals surface area contributed by atoms with Crippen LogP contribution < -0.4 is 0 Å². The molecule has 1 aliphatic rings. The second-order valence-corrected chi connectivity index (χ2v) is 5.86. The van der Waals surface area contributed by atoms with Crippen molar-refractivity contribution in [1.29, 1.82) is 0 Å². The van der Waals surface area contributed by atoms with Gasteiger partial charge in [0.15, 0.2) is 0 Å². The summed E-state index contributed by atoms with van der Waals surface area (Å²) in [6.45, 7) is 3.25. The normalized spacial score (nSPS) is 19.2. The maximum Gasteiger partial charge on any atom is 0.320 e. The van der Waals surface area contributed by atoms with Gasteiger partial charge in [-0.25, -0.2) is 4.98 Å². The number of aryl methyl sites for hydroxylation is 1. The molecule has 21 heavy (non-hydrogen) atoms. The zero-order valence-corrected chi connectivity index (χ0v) is 12.6. The molecule has 1 saturated heterocycles. The third-order valence-electron chi connectivity index (χ3n) is 4.15. The fourth-order valence-corrected chi connectivity index (χ4v) is 3.21. The minimum absolute atomic E-state index is 0.422. The fourth-order valence-electron chi connectivity index (χ4n) is 3.01. The molecule has 0 saturated carbocycles. The molecule has 4 nitrogen and oxygen atoms in total. The van der Waals surface area contributed by atoms with Crippen LogP contribution in [-0.2, 0) is 11.3 Å². The predicted octanol–water partition coefficient (Wildman–Crippen LogP) is 3.25. The topological polar surface area (TPSA) is 53.4 Å². The van der Waals surface area contributed by atoms with Gasteiger partial charge in [-0.15, -0.1) is 0 Å². The average Bonchev–Trinajstić information content (AvgIpc) is 2.93. The third kappa shape index (κ3) is 2.61. The summed E-state index contributed by atoms with van der Waals surface area (Å²) < 4.78 is 0. The minimum Gasteiger partial charge on any atom is -0.480 e. The number of rotatable bonds is 3. The molecule has 0 aliphatic carbocycles. The number of fused-ring (bicyclic) bond motifs is 1. The Morgan fingerprint density at radius 3 is 3.00 bits per heavy atom. The molecular weight excluding hydrogens is 288 g/mol. The van der Waals surface area contributed by atoms with Crippen molar-refractivity contribution in [1.82, 2.24) is 9.88 Å². The summed E-state index contributed by atoms with van der Waals surface area (Å²) in [5, 5.41) is 10.9. The van der Waals surface area contributed by atoms with Gasteiger partial charge in [-0.05, 0) is 37.9 Å². The highest BCUT2D eigenvalue weighted by molar-refractivity contribution is 6.32. The second-order valence-electron chi connectivity index (χ2n) is 5.48. The lowest BCUT2D eigenvalue weighted by Crippen LogP contribution is -2.35. The van der Waals surface area contributed by atoms with Crippen LogP contribution in [0.5, 0.6) is 0 Å². The summed E-state index contributed by atoms with van der Waals surface area (Å²) in [7, 11) is 0. The number of benzene rings is 1. The Morgan fingerprint density at radius 2 is 2.24 bits per heavy atom. The monoisotopic (exact) mass is 304 g/mol. The molecule has 0 radical (unpaired) electrons. The Bertz CT molecular complexity index is 702. The van der Waals surface area contributed by atoms with Gasteiger partial charge in [-0.1, -0.05) is 29.8 Å². The Kier molecular flexibility index (Phi) is 3.83. The van der Waals surface area contributed by atoms with Gasteiger partial charge in [0.25, 0.3) is 0 Å². The van der Waals surface area contributed by atoms with E-state index in [4.69, 9.17) is 11.6 Å². The second kappa shape index (κ2) is 5.62. The number of carbonyl (C=O) groups is 1. The standard InChI is InChI=1S/C16H17ClN2O2/c1-10-11-5-2-3-6-12(11)18-13(15(10)17)9-19-8-4-7-14(19)16(20)21/h2-3,5-6,14H,4,7-9H2,1H3,(H,20,21)/t14-/m1/s1. The van der Waals surface area contributed by atoms with Gasteiger partial charge < -0.3 is 5.11 Å². The summed E-state index contributed by atoms with van der Waals surface area (Å²) in [5.74, 6) is -0.763. The first-order chi connectivity index (χ1) is 10.1. The largest absolute Gasteiger partial charge is 0.480 e. The van der Waals surface area contributed by atoms with E-state index >= 15 is 0 Å². The van der Waals surface area contributed by atoms with Crippen LogP contribution in [0.25, 0.3) is 10.9 Å². The number of aromatic nitrogens is 1. The minimum atomic E-state index is -0.763. The Labute approximate surface area is 128 Å². The maximum absolute atomic E-state index is 11.3. The van der Waals surface area contributed by atoms with Crippen LogP contribution in [0, 0.1) is 6.92 Å². The molecule has 1 aromatic carbocycles. The van der Waals surface area contributed by atoms with Crippen LogP contribution in [0.2, 0.25) is 5.02 Å². The predicted molar refractivity (Wildman–Crippen MR) is 82.6 cm³/mol. The van der Waals surface area contributed by atoms with Gasteiger partial charge in [-0.3, -0.25) is 9.69 Å². The highest BCUT2D eigenvalue weighted by atomic mass is 35.5. The summed E-state index contributed by atoms with van der Waals surface area (Å²) in [6.07, 6.45) is 1.60. The van der Waals surface area contributed by atoms with E-state index in [1.807, 2.05) is 36.1 Å². The number of para-hydroxylation sites is 1. The first kappa shape index (κ1) is 14.3. The van der Waals surface area contributed by atoms with E-state index in [-0.39, 0.29) is 0 Å². The van der Waals surface area contributed by atoms with E-state index in [1.165, 1.54) is 0 Å². The van der Waals surface area contributed by atoms with Crippen molar-refractivity contribution in [2.75, 3.05) is 6.54 Å². The van der Waals surface area contributed by atoms with Gasteiger partial charge in [0, 0.05) is 11.9 Å². The van der Waals surface area contributed by atoms with Gasteiger partial charge in [0.05, 0.1) is 16.2 Å². The number of hydrogen-bond acceptors (Lipinski definition) is 3. The van der Waals surface area contributed by atoms with Gasteiger partial charge in [0.2, 0.25) is 0 Å². The third-order valence-corrected chi connectivity index (χ3v) is 4.65. The molecule has 2 heterocycles. The van der Waals surface area contributed by atoms with E-state index in [0.29, 0.717) is 18.0 Å². The van der Waals surface area contributed by atoms with E-state index in [1.54, 1.807) is 0 Å². The van der Waals surface area contributed by atoms with Gasteiger partial charge >= 0.3 is 5.97 Å². The van der Waals surface area contributed by atoms with Crippen molar-refractivity contribution in [2.24, 2.45) is 0 Å². The molecule has 0 spiro atoms. The number of carboxylic acid groups (broad SMARTS) is 1. The summed E-state index contributed by atoms with van der Waals surface area (Å²) in [6, 6.07) is 7.45. The Hall–Kier alpha value is -1.65. The SMILES string of the molecule is Cc1c(Cl)c(CN2CCC[C@@H]2C(=O)O)nc2ccccc12. The summed E-state index contributed by atoms with van der Waals surface area (Å²) in [4.78, 5) is 17.8. The van der Waals surface area contributed by atoms with Gasteiger partial charge in [-0.2, -0.15) is 0 Å². The van der Waals surface area contributed by atoms with Crippen molar-refractivity contribution in [3.63, 3.8) is 0 Å². The number of carboxylic acids is 1. The number of halogens is 1. The molecule has 1 aliphatic heterocycles. The van der Waals surface area contributed by atoms with E-state index in [0.717, 1.165) is 35.1 Å². The molecule has 0 bridgehead atoms. The fraction of sp³-hybridized carbons (Fsp3) is 0.375. The van der Waals surface area contributed by atoms with Crippen LogP contribution in [-0.4, -0.2) is 33.5 Å². The zero-order valence-electron chi connectivity index (χ0n) is 11.8. The lowest BCUT2D eigenvalue weighted by Gasteiger charge is -2.21. The molecule has 1 N–H and O–H groups in total. The Balaban J connectivity index is 1.97. The van der Waals surface area contributed by atoms with Crippen LogP contribution in [0.3, 0.4) is 0 Å². The summed E-state index contributed by atoms with van der Waals surface area (Å²) >= 11 is 6.44. The van der Waals surface area contributed by atoms with Crippen molar-refractivity contribution in [3.8, 4) is 0 Å². The molecule has 3 rings (SSSR count). The van der Waals surface area contributed by atoms with Crippen molar-refractivity contribution >= 4 is 28.5 Å². The maximum atomic E-state index is 11.3. The highest BCUT2D eigenvalue weighted by Gasteiger charge is 2.31. The molecule has 110 valence electrons. The molecule has 2 aromatic rings. The quantitative estimate of drug-likeness (QED) is 0.946. The number of nitrogens with zero attached hydrogens (tertiary/aromatic N) is 2. The van der Waals surface area contributed by atoms with Crippen molar-refractivity contribution in [2.45, 2.75) is 32.4 Å². The molecule has 5 heteroatoms. The molecule has 1 aromatic heterocycles. The molecule has 0 amide bonds. The number of likely N-dealkylation sites (tertiary alicyclic amines) is 1. The number of pyridine rings is 1. The summed E-state index contributed by atoms with van der Waals surface area (Å²) in [5.41, 5.74) is 2.67. The zero-order chi connectivity index (χ0) is 15.0. The van der Waals surface area contributed by atoms with E-state index in [9.17, 15) is 9.90 Å². The van der Waals surface area contributed by atoms with E-state index < -0.39 is 12.0 Å². The van der Waals surface area contributed by atoms with Crippen LogP contribution in [0.4, 0.5) is 0 Å². The molecule has 0 unspecified atom stereocenters. The average molecular weight is 305 g/mol. The Morgan fingerprint density at radius 1 is 1.48 bits per heavy atom. The first-order valence-corrected chi connectivity index (χ1v) is 7.46. The van der Waals surface area contributed by atoms with E-state index in [2.05, 4.69) is 4.98 Å². The van der Waals surface area contributed by atoms with Gasteiger partial charge in [0.1, 0.15) is 6.04 Å². The molecular formula is C16H17ClN2O2. The van der Waals surface area contributed by atoms with Crippen LogP contribution in [0.15, 0.2) is 24.3 Å². The number of aliphatic carboxylic acids is 1. The first-order valence-electron chi connectivity index (χ1n) is 7.08.